The van der Waals surface area contributed by atoms with Gasteiger partial charge in [0, 0.05) is 31.7 Å². The minimum Gasteiger partial charge on any atom is -0.396 e. The number of primary amides is 1. The van der Waals surface area contributed by atoms with E-state index in [9.17, 15) is 9.90 Å². The number of carbonyl (C=O) groups is 1. The molecule has 2 amide bonds. The first kappa shape index (κ1) is 12.3. The largest absolute Gasteiger partial charge is 0.396 e. The zero-order chi connectivity index (χ0) is 11.3. The van der Waals surface area contributed by atoms with Crippen LogP contribution in [0.2, 0.25) is 0 Å². The average Bonchev–Trinajstić information content (AvgIpc) is 2.26. The number of piperidine rings is 1. The van der Waals surface area contributed by atoms with Crippen LogP contribution in [0, 0.1) is 5.92 Å². The van der Waals surface area contributed by atoms with Crippen LogP contribution in [0.4, 0.5) is 4.79 Å². The van der Waals surface area contributed by atoms with Gasteiger partial charge in [0.2, 0.25) is 0 Å². The molecule has 1 saturated heterocycles. The minimum atomic E-state index is -0.366. The highest BCUT2D eigenvalue weighted by Crippen LogP contribution is 2.22. The van der Waals surface area contributed by atoms with E-state index in [1.807, 2.05) is 7.05 Å². The van der Waals surface area contributed by atoms with E-state index < -0.39 is 0 Å². The summed E-state index contributed by atoms with van der Waals surface area (Å²) in [6.45, 7) is 1.53. The lowest BCUT2D eigenvalue weighted by Crippen LogP contribution is -2.52. The van der Waals surface area contributed by atoms with Crippen molar-refractivity contribution in [2.45, 2.75) is 25.3 Å². The molecule has 5 nitrogen and oxygen atoms in total. The number of carbonyl (C=O) groups excluding carboxylic acids is 1. The molecule has 0 radical (unpaired) electrons. The topological polar surface area (TPSA) is 78.6 Å². The number of nitrogens with zero attached hydrogens (tertiary/aromatic N) is 1. The second-order valence-corrected chi connectivity index (χ2v) is 4.10. The summed E-state index contributed by atoms with van der Waals surface area (Å²) in [6, 6.07) is -0.275. The normalized spacial score (nSPS) is 23.9. The van der Waals surface area contributed by atoms with Gasteiger partial charge in [-0.1, -0.05) is 0 Å². The molecule has 15 heavy (non-hydrogen) atoms. The number of likely N-dealkylation sites (tertiary alicyclic amines) is 1. The second kappa shape index (κ2) is 5.92. The number of nitrogens with two attached hydrogens (primary N) is 1. The van der Waals surface area contributed by atoms with Crippen molar-refractivity contribution in [1.29, 1.82) is 0 Å². The quantitative estimate of drug-likeness (QED) is 0.605. The molecule has 1 unspecified atom stereocenters. The molecule has 0 aromatic heterocycles. The molecule has 1 aliphatic rings. The molecule has 88 valence electrons. The van der Waals surface area contributed by atoms with Gasteiger partial charge in [0.15, 0.2) is 0 Å². The Balaban J connectivity index is 2.64. The maximum atomic E-state index is 11.2. The second-order valence-electron chi connectivity index (χ2n) is 4.10. The van der Waals surface area contributed by atoms with Crippen molar-refractivity contribution >= 4 is 6.03 Å². The first-order valence-corrected chi connectivity index (χ1v) is 5.52. The van der Waals surface area contributed by atoms with Crippen molar-refractivity contribution < 1.29 is 9.90 Å². The maximum absolute atomic E-state index is 11.2. The number of hydrogen-bond acceptors (Lipinski definition) is 3. The van der Waals surface area contributed by atoms with Crippen LogP contribution in [-0.2, 0) is 0 Å². The summed E-state index contributed by atoms with van der Waals surface area (Å²) in [5, 5.41) is 12.3. The van der Waals surface area contributed by atoms with Crippen LogP contribution in [0.5, 0.6) is 0 Å². The molecule has 0 bridgehead atoms. The van der Waals surface area contributed by atoms with Crippen LogP contribution in [-0.4, -0.2) is 48.8 Å². The van der Waals surface area contributed by atoms with E-state index in [1.165, 1.54) is 0 Å². The molecular formula is C10H21N3O2. The Hall–Kier alpha value is -0.810. The van der Waals surface area contributed by atoms with Gasteiger partial charge in [-0.05, 0) is 26.3 Å². The first-order valence-electron chi connectivity index (χ1n) is 5.52. The number of aliphatic hydroxyl groups excluding tert-OH is 1. The Kier molecular flexibility index (Phi) is 4.84. The molecule has 1 heterocycles. The minimum absolute atomic E-state index is 0.0859. The lowest BCUT2D eigenvalue weighted by atomic mass is 9.91. The zero-order valence-corrected chi connectivity index (χ0v) is 9.28. The molecule has 1 rings (SSSR count). The Morgan fingerprint density at radius 2 is 2.40 bits per heavy atom. The van der Waals surface area contributed by atoms with Crippen LogP contribution < -0.4 is 11.1 Å². The number of amides is 2. The highest BCUT2D eigenvalue weighted by molar-refractivity contribution is 5.72. The van der Waals surface area contributed by atoms with Crippen LogP contribution >= 0.6 is 0 Å². The summed E-state index contributed by atoms with van der Waals surface area (Å²) in [4.78, 5) is 12.9. The molecule has 0 spiro atoms. The third-order valence-electron chi connectivity index (χ3n) is 3.08. The van der Waals surface area contributed by atoms with E-state index in [-0.39, 0.29) is 24.6 Å². The van der Waals surface area contributed by atoms with Gasteiger partial charge in [0.1, 0.15) is 0 Å². The molecule has 0 aromatic rings. The highest BCUT2D eigenvalue weighted by Gasteiger charge is 2.31. The predicted molar refractivity (Wildman–Crippen MR) is 58.4 cm³/mol. The van der Waals surface area contributed by atoms with Gasteiger partial charge in [-0.2, -0.15) is 0 Å². The first-order chi connectivity index (χ1) is 7.20. The Labute approximate surface area is 90.6 Å². The molecule has 1 fully saturated rings. The number of nitrogens with one attached hydrogen (secondary N) is 1. The fourth-order valence-electron chi connectivity index (χ4n) is 2.31. The van der Waals surface area contributed by atoms with Crippen molar-refractivity contribution in [3.63, 3.8) is 0 Å². The zero-order valence-electron chi connectivity index (χ0n) is 9.28. The maximum Gasteiger partial charge on any atom is 0.315 e. The van der Waals surface area contributed by atoms with Gasteiger partial charge < -0.3 is 21.1 Å². The van der Waals surface area contributed by atoms with Crippen molar-refractivity contribution in [3.05, 3.63) is 0 Å². The van der Waals surface area contributed by atoms with E-state index in [0.29, 0.717) is 6.54 Å². The number of urea groups is 1. The Morgan fingerprint density at radius 3 is 2.93 bits per heavy atom. The van der Waals surface area contributed by atoms with Crippen LogP contribution in [0.1, 0.15) is 19.3 Å². The Morgan fingerprint density at radius 1 is 1.67 bits per heavy atom. The summed E-state index contributed by atoms with van der Waals surface area (Å²) >= 11 is 0. The molecule has 0 saturated carbocycles. The van der Waals surface area contributed by atoms with Crippen LogP contribution in [0.3, 0.4) is 0 Å². The number of aliphatic hydroxyl groups is 1. The van der Waals surface area contributed by atoms with Gasteiger partial charge in [-0.15, -0.1) is 0 Å². The summed E-state index contributed by atoms with van der Waals surface area (Å²) in [6.07, 6.45) is 3.06. The summed E-state index contributed by atoms with van der Waals surface area (Å²) in [5.74, 6) is 0.0859. The van der Waals surface area contributed by atoms with E-state index in [1.54, 1.807) is 4.90 Å². The van der Waals surface area contributed by atoms with Crippen molar-refractivity contribution in [2.24, 2.45) is 11.7 Å². The van der Waals surface area contributed by atoms with Crippen LogP contribution in [0.15, 0.2) is 0 Å². The lowest BCUT2D eigenvalue weighted by molar-refractivity contribution is 0.0915. The van der Waals surface area contributed by atoms with Crippen molar-refractivity contribution in [1.82, 2.24) is 10.2 Å². The average molecular weight is 215 g/mol. The third-order valence-corrected chi connectivity index (χ3v) is 3.08. The van der Waals surface area contributed by atoms with E-state index in [4.69, 9.17) is 5.73 Å². The molecule has 0 aliphatic carbocycles. The van der Waals surface area contributed by atoms with Gasteiger partial charge in [0.25, 0.3) is 0 Å². The van der Waals surface area contributed by atoms with Crippen molar-refractivity contribution in [3.8, 4) is 0 Å². The highest BCUT2D eigenvalue weighted by atomic mass is 16.3. The Bertz CT molecular complexity index is 211. The van der Waals surface area contributed by atoms with Gasteiger partial charge in [0.05, 0.1) is 0 Å². The van der Waals surface area contributed by atoms with Crippen LogP contribution in [0.25, 0.3) is 0 Å². The van der Waals surface area contributed by atoms with Crippen molar-refractivity contribution in [2.75, 3.05) is 26.7 Å². The molecule has 2 atom stereocenters. The molecule has 0 aromatic carbocycles. The fourth-order valence-corrected chi connectivity index (χ4v) is 2.31. The third kappa shape index (κ3) is 3.07. The molecule has 1 aliphatic heterocycles. The van der Waals surface area contributed by atoms with Gasteiger partial charge >= 0.3 is 6.03 Å². The standard InChI is InChI=1S/C10H21N3O2/c1-12-6-8(7-14)9-4-2-3-5-13(9)10(11)15/h8-9,12,14H,2-7H2,1H3,(H2,11,15)/t8-,9?/m0/s1. The SMILES string of the molecule is CNC[C@@H](CO)C1CCCCN1C(N)=O. The number of rotatable bonds is 4. The van der Waals surface area contributed by atoms with E-state index in [2.05, 4.69) is 5.32 Å². The monoisotopic (exact) mass is 215 g/mol. The van der Waals surface area contributed by atoms with E-state index in [0.717, 1.165) is 25.8 Å². The number of hydrogen-bond donors (Lipinski definition) is 3. The summed E-state index contributed by atoms with van der Waals surface area (Å²) < 4.78 is 0. The fraction of sp³-hybridized carbons (Fsp3) is 0.900. The molecule has 5 heteroatoms. The summed E-state index contributed by atoms with van der Waals surface area (Å²) in [7, 11) is 1.85. The summed E-state index contributed by atoms with van der Waals surface area (Å²) in [5.41, 5.74) is 5.33. The van der Waals surface area contributed by atoms with Gasteiger partial charge in [-0.25, -0.2) is 4.79 Å². The van der Waals surface area contributed by atoms with Gasteiger partial charge in [-0.3, -0.25) is 0 Å². The lowest BCUT2D eigenvalue weighted by Gasteiger charge is -2.38. The smallest absolute Gasteiger partial charge is 0.315 e. The molecule has 4 N–H and O–H groups in total. The van der Waals surface area contributed by atoms with E-state index >= 15 is 0 Å². The predicted octanol–water partition coefficient (Wildman–Crippen LogP) is -0.252. The molecular weight excluding hydrogens is 194 g/mol.